The van der Waals surface area contributed by atoms with Gasteiger partial charge in [0.1, 0.15) is 5.75 Å². The first-order valence-corrected chi connectivity index (χ1v) is 7.95. The van der Waals surface area contributed by atoms with Crippen LogP contribution < -0.4 is 4.74 Å². The second-order valence-corrected chi connectivity index (χ2v) is 5.52. The van der Waals surface area contributed by atoms with Crippen LogP contribution in [0.1, 0.15) is 50.5 Å². The van der Waals surface area contributed by atoms with Gasteiger partial charge in [0.2, 0.25) is 0 Å². The highest BCUT2D eigenvalue weighted by molar-refractivity contribution is 5.68. The van der Waals surface area contributed by atoms with Gasteiger partial charge in [0, 0.05) is 12.3 Å². The highest BCUT2D eigenvalue weighted by atomic mass is 16.7. The number of carboxylic acids is 1. The molecule has 2 atom stereocenters. The molecule has 4 nitrogen and oxygen atoms in total. The second-order valence-electron chi connectivity index (χ2n) is 5.52. The number of hydrogen-bond acceptors (Lipinski definition) is 3. The Labute approximate surface area is 131 Å². The summed E-state index contributed by atoms with van der Waals surface area (Å²) in [6.07, 6.45) is 7.96. The molecule has 1 N–H and O–H groups in total. The number of benzene rings is 1. The van der Waals surface area contributed by atoms with E-state index < -0.39 is 5.97 Å². The van der Waals surface area contributed by atoms with E-state index in [1.807, 2.05) is 43.3 Å². The predicted molar refractivity (Wildman–Crippen MR) is 85.1 cm³/mol. The minimum absolute atomic E-state index is 0.0996. The van der Waals surface area contributed by atoms with Crippen LogP contribution in [-0.4, -0.2) is 24.0 Å². The third-order valence-electron chi connectivity index (χ3n) is 3.71. The lowest BCUT2D eigenvalue weighted by atomic mass is 9.95. The van der Waals surface area contributed by atoms with Crippen molar-refractivity contribution in [2.75, 3.05) is 6.61 Å². The van der Waals surface area contributed by atoms with E-state index in [-0.39, 0.29) is 18.6 Å². The zero-order valence-electron chi connectivity index (χ0n) is 13.0. The van der Waals surface area contributed by atoms with E-state index in [9.17, 15) is 4.79 Å². The van der Waals surface area contributed by atoms with Gasteiger partial charge < -0.3 is 14.6 Å². The van der Waals surface area contributed by atoms with Crippen molar-refractivity contribution in [3.8, 4) is 5.75 Å². The molecule has 2 unspecified atom stereocenters. The molecule has 1 aliphatic heterocycles. The van der Waals surface area contributed by atoms with E-state index in [2.05, 4.69) is 0 Å². The van der Waals surface area contributed by atoms with Crippen LogP contribution in [0.4, 0.5) is 0 Å². The molecule has 120 valence electrons. The van der Waals surface area contributed by atoms with Gasteiger partial charge in [0.15, 0.2) is 6.29 Å². The zero-order chi connectivity index (χ0) is 15.8. The van der Waals surface area contributed by atoms with Crippen molar-refractivity contribution in [3.05, 3.63) is 42.0 Å². The van der Waals surface area contributed by atoms with Crippen LogP contribution in [0.2, 0.25) is 0 Å². The number of carbonyl (C=O) groups is 1. The minimum Gasteiger partial charge on any atom is -0.481 e. The molecule has 1 fully saturated rings. The van der Waals surface area contributed by atoms with Crippen molar-refractivity contribution in [3.63, 3.8) is 0 Å². The largest absolute Gasteiger partial charge is 0.481 e. The van der Waals surface area contributed by atoms with E-state index in [1.165, 1.54) is 0 Å². The standard InChI is InChI=1S/C18H24O4/c1-2-3-6-15(13-17(19)20)14-8-10-16(11-9-14)22-18-7-4-5-12-21-18/h3,6,8-11,15,18H,2,4-5,7,12-13H2,1H3,(H,19,20)/b6-3+. The first-order chi connectivity index (χ1) is 10.7. The summed E-state index contributed by atoms with van der Waals surface area (Å²) in [7, 11) is 0. The molecular formula is C18H24O4. The molecule has 0 amide bonds. The molecule has 1 saturated heterocycles. The Morgan fingerprint density at radius 2 is 2.18 bits per heavy atom. The molecule has 0 saturated carbocycles. The molecule has 22 heavy (non-hydrogen) atoms. The molecule has 0 spiro atoms. The van der Waals surface area contributed by atoms with E-state index in [0.29, 0.717) is 0 Å². The molecule has 1 aromatic carbocycles. The molecule has 0 bridgehead atoms. The molecule has 0 aliphatic carbocycles. The quantitative estimate of drug-likeness (QED) is 0.770. The van der Waals surface area contributed by atoms with Crippen molar-refractivity contribution in [2.24, 2.45) is 0 Å². The maximum Gasteiger partial charge on any atom is 0.304 e. The average Bonchev–Trinajstić information content (AvgIpc) is 2.53. The summed E-state index contributed by atoms with van der Waals surface area (Å²) < 4.78 is 11.3. The van der Waals surface area contributed by atoms with Crippen LogP contribution in [-0.2, 0) is 9.53 Å². The Kier molecular flexibility index (Phi) is 6.46. The normalized spacial score (nSPS) is 20.0. The van der Waals surface area contributed by atoms with E-state index in [0.717, 1.165) is 43.6 Å². The first kappa shape index (κ1) is 16.6. The van der Waals surface area contributed by atoms with E-state index >= 15 is 0 Å². The van der Waals surface area contributed by atoms with E-state index in [4.69, 9.17) is 14.6 Å². The SMILES string of the molecule is CC/C=C/C(CC(=O)O)c1ccc(OC2CCCCO2)cc1. The molecule has 0 aromatic heterocycles. The van der Waals surface area contributed by atoms with Crippen LogP contribution in [0.25, 0.3) is 0 Å². The summed E-state index contributed by atoms with van der Waals surface area (Å²) >= 11 is 0. The summed E-state index contributed by atoms with van der Waals surface area (Å²) in [5, 5.41) is 9.04. The maximum absolute atomic E-state index is 11.0. The van der Waals surface area contributed by atoms with Gasteiger partial charge in [-0.3, -0.25) is 4.79 Å². The van der Waals surface area contributed by atoms with Crippen LogP contribution in [0.3, 0.4) is 0 Å². The summed E-state index contributed by atoms with van der Waals surface area (Å²) in [5.41, 5.74) is 0.990. The number of rotatable bonds is 7. The number of ether oxygens (including phenoxy) is 2. The van der Waals surface area contributed by atoms with Gasteiger partial charge in [-0.15, -0.1) is 0 Å². The Morgan fingerprint density at radius 1 is 1.41 bits per heavy atom. The Balaban J connectivity index is 2.01. The molecular weight excluding hydrogens is 280 g/mol. The Bertz CT molecular complexity index is 486. The van der Waals surface area contributed by atoms with Crippen molar-refractivity contribution in [1.29, 1.82) is 0 Å². The van der Waals surface area contributed by atoms with Gasteiger partial charge in [0.25, 0.3) is 0 Å². The van der Waals surface area contributed by atoms with Crippen molar-refractivity contribution < 1.29 is 19.4 Å². The van der Waals surface area contributed by atoms with Gasteiger partial charge in [-0.2, -0.15) is 0 Å². The summed E-state index contributed by atoms with van der Waals surface area (Å²) in [6, 6.07) is 7.65. The van der Waals surface area contributed by atoms with Crippen LogP contribution in [0.5, 0.6) is 5.75 Å². The molecule has 2 rings (SSSR count). The van der Waals surface area contributed by atoms with Crippen LogP contribution >= 0.6 is 0 Å². The third kappa shape index (κ3) is 5.19. The predicted octanol–water partition coefficient (Wildman–Crippen LogP) is 4.12. The molecule has 1 heterocycles. The summed E-state index contributed by atoms with van der Waals surface area (Å²) in [5.74, 6) is -0.122. The number of aliphatic carboxylic acids is 1. The van der Waals surface area contributed by atoms with E-state index in [1.54, 1.807) is 0 Å². The van der Waals surface area contributed by atoms with Gasteiger partial charge in [-0.1, -0.05) is 31.2 Å². The molecule has 0 radical (unpaired) electrons. The first-order valence-electron chi connectivity index (χ1n) is 7.95. The molecule has 1 aromatic rings. The van der Waals surface area contributed by atoms with Crippen molar-refractivity contribution in [1.82, 2.24) is 0 Å². The van der Waals surface area contributed by atoms with Crippen molar-refractivity contribution in [2.45, 2.75) is 51.2 Å². The van der Waals surface area contributed by atoms with Gasteiger partial charge in [-0.05, 0) is 37.0 Å². The fraction of sp³-hybridized carbons (Fsp3) is 0.500. The monoisotopic (exact) mass is 304 g/mol. The van der Waals surface area contributed by atoms with Crippen molar-refractivity contribution >= 4 is 5.97 Å². The second kappa shape index (κ2) is 8.59. The highest BCUT2D eigenvalue weighted by Gasteiger charge is 2.16. The van der Waals surface area contributed by atoms with Gasteiger partial charge in [-0.25, -0.2) is 0 Å². The highest BCUT2D eigenvalue weighted by Crippen LogP contribution is 2.25. The topological polar surface area (TPSA) is 55.8 Å². The molecule has 1 aliphatic rings. The number of hydrogen-bond donors (Lipinski definition) is 1. The Hall–Kier alpha value is -1.81. The zero-order valence-corrected chi connectivity index (χ0v) is 13.0. The average molecular weight is 304 g/mol. The minimum atomic E-state index is -0.790. The van der Waals surface area contributed by atoms with Crippen LogP contribution in [0.15, 0.2) is 36.4 Å². The lowest BCUT2D eigenvalue weighted by Crippen LogP contribution is -2.24. The van der Waals surface area contributed by atoms with Crippen LogP contribution in [0, 0.1) is 0 Å². The third-order valence-corrected chi connectivity index (χ3v) is 3.71. The van der Waals surface area contributed by atoms with Gasteiger partial charge in [0.05, 0.1) is 13.0 Å². The van der Waals surface area contributed by atoms with Gasteiger partial charge >= 0.3 is 5.97 Å². The molecule has 4 heteroatoms. The lowest BCUT2D eigenvalue weighted by molar-refractivity contribution is -0.137. The maximum atomic E-state index is 11.0. The number of allylic oxidation sites excluding steroid dienone is 2. The lowest BCUT2D eigenvalue weighted by Gasteiger charge is -2.23. The fourth-order valence-corrected chi connectivity index (χ4v) is 2.53. The smallest absolute Gasteiger partial charge is 0.304 e. The summed E-state index contributed by atoms with van der Waals surface area (Å²) in [4.78, 5) is 11.0. The fourth-order valence-electron chi connectivity index (χ4n) is 2.53. The number of carboxylic acid groups (broad SMARTS) is 1. The Morgan fingerprint density at radius 3 is 2.77 bits per heavy atom. The summed E-state index contributed by atoms with van der Waals surface area (Å²) in [6.45, 7) is 2.79.